The van der Waals surface area contributed by atoms with Crippen molar-refractivity contribution in [2.24, 2.45) is 4.99 Å². The Balaban J connectivity index is 1.78. The second-order valence-electron chi connectivity index (χ2n) is 6.86. The fourth-order valence-electron chi connectivity index (χ4n) is 3.27. The number of benzene rings is 2. The molecule has 0 bridgehead atoms. The first-order valence-corrected chi connectivity index (χ1v) is 9.60. The summed E-state index contributed by atoms with van der Waals surface area (Å²) in [7, 11) is 0. The molecule has 5 heteroatoms. The van der Waals surface area contributed by atoms with Crippen molar-refractivity contribution in [3.05, 3.63) is 58.6 Å². The first kappa shape index (κ1) is 18.6. The van der Waals surface area contributed by atoms with Crippen LogP contribution in [0, 0.1) is 6.92 Å². The highest BCUT2D eigenvalue weighted by Crippen LogP contribution is 2.22. The van der Waals surface area contributed by atoms with Crippen molar-refractivity contribution >= 4 is 23.2 Å². The van der Waals surface area contributed by atoms with Gasteiger partial charge < -0.3 is 15.7 Å². The molecule has 3 rings (SSSR count). The molecule has 1 saturated carbocycles. The molecule has 2 aromatic rings. The van der Waals surface area contributed by atoms with E-state index in [0.29, 0.717) is 12.6 Å². The van der Waals surface area contributed by atoms with Crippen LogP contribution in [-0.4, -0.2) is 17.1 Å². The van der Waals surface area contributed by atoms with E-state index in [2.05, 4.69) is 10.6 Å². The Morgan fingerprint density at radius 2 is 1.92 bits per heavy atom. The summed E-state index contributed by atoms with van der Waals surface area (Å²) in [6.45, 7) is 2.48. The van der Waals surface area contributed by atoms with E-state index in [4.69, 9.17) is 16.6 Å². The van der Waals surface area contributed by atoms with Crippen LogP contribution in [-0.2, 0) is 6.54 Å². The number of guanidine groups is 1. The van der Waals surface area contributed by atoms with Crippen molar-refractivity contribution in [1.82, 2.24) is 5.32 Å². The van der Waals surface area contributed by atoms with Gasteiger partial charge in [0.25, 0.3) is 0 Å². The van der Waals surface area contributed by atoms with Crippen LogP contribution in [0.4, 0.5) is 5.69 Å². The van der Waals surface area contributed by atoms with E-state index in [9.17, 15) is 5.11 Å². The molecule has 26 heavy (non-hydrogen) atoms. The molecule has 0 aromatic heterocycles. The minimum atomic E-state index is 0.267. The Morgan fingerprint density at radius 1 is 1.15 bits per heavy atom. The molecule has 1 fully saturated rings. The lowest BCUT2D eigenvalue weighted by atomic mass is 9.96. The van der Waals surface area contributed by atoms with Crippen molar-refractivity contribution in [3.63, 3.8) is 0 Å². The topological polar surface area (TPSA) is 56.6 Å². The number of anilines is 1. The Hall–Kier alpha value is -2.20. The highest BCUT2D eigenvalue weighted by molar-refractivity contribution is 6.31. The Morgan fingerprint density at radius 3 is 2.65 bits per heavy atom. The van der Waals surface area contributed by atoms with Crippen molar-refractivity contribution in [3.8, 4) is 5.75 Å². The highest BCUT2D eigenvalue weighted by Gasteiger charge is 2.15. The molecule has 0 amide bonds. The molecule has 1 aliphatic carbocycles. The third kappa shape index (κ3) is 5.15. The number of rotatable bonds is 4. The van der Waals surface area contributed by atoms with Gasteiger partial charge in [-0.3, -0.25) is 0 Å². The van der Waals surface area contributed by atoms with Gasteiger partial charge in [-0.05, 0) is 55.2 Å². The lowest BCUT2D eigenvalue weighted by molar-refractivity contribution is 0.413. The number of hydrogen-bond donors (Lipinski definition) is 3. The van der Waals surface area contributed by atoms with Crippen LogP contribution in [0.2, 0.25) is 5.02 Å². The molecular weight excluding hydrogens is 346 g/mol. The summed E-state index contributed by atoms with van der Waals surface area (Å²) in [4.78, 5) is 4.76. The summed E-state index contributed by atoms with van der Waals surface area (Å²) < 4.78 is 0. The molecule has 0 saturated heterocycles. The molecule has 0 heterocycles. The fourth-order valence-corrected chi connectivity index (χ4v) is 3.46. The lowest BCUT2D eigenvalue weighted by Gasteiger charge is -2.25. The van der Waals surface area contributed by atoms with Gasteiger partial charge in [-0.1, -0.05) is 49.1 Å². The maximum Gasteiger partial charge on any atom is 0.196 e. The van der Waals surface area contributed by atoms with Crippen LogP contribution < -0.4 is 10.6 Å². The molecule has 3 N–H and O–H groups in total. The van der Waals surface area contributed by atoms with Gasteiger partial charge >= 0.3 is 0 Å². The Kier molecular flexibility index (Phi) is 6.40. The summed E-state index contributed by atoms with van der Waals surface area (Å²) in [6.07, 6.45) is 6.17. The highest BCUT2D eigenvalue weighted by atomic mass is 35.5. The van der Waals surface area contributed by atoms with Gasteiger partial charge in [0, 0.05) is 16.8 Å². The minimum absolute atomic E-state index is 0.267. The molecule has 1 aliphatic rings. The van der Waals surface area contributed by atoms with E-state index < -0.39 is 0 Å². The summed E-state index contributed by atoms with van der Waals surface area (Å²) in [5.74, 6) is 1.02. The molecule has 4 nitrogen and oxygen atoms in total. The smallest absolute Gasteiger partial charge is 0.196 e. The van der Waals surface area contributed by atoms with E-state index in [1.807, 2.05) is 37.3 Å². The zero-order valence-electron chi connectivity index (χ0n) is 15.1. The van der Waals surface area contributed by atoms with Gasteiger partial charge in [0.05, 0.1) is 6.54 Å². The molecule has 138 valence electrons. The summed E-state index contributed by atoms with van der Waals surface area (Å²) in [5.41, 5.74) is 2.91. The molecule has 0 unspecified atom stereocenters. The predicted octanol–water partition coefficient (Wildman–Crippen LogP) is 5.24. The Bertz CT molecular complexity index is 770. The van der Waals surface area contributed by atoms with E-state index >= 15 is 0 Å². The molecule has 0 aliphatic heterocycles. The van der Waals surface area contributed by atoms with Crippen molar-refractivity contribution in [2.75, 3.05) is 5.32 Å². The fraction of sp³-hybridized carbons (Fsp3) is 0.381. The maximum atomic E-state index is 9.63. The van der Waals surface area contributed by atoms with Crippen LogP contribution >= 0.6 is 11.6 Å². The van der Waals surface area contributed by atoms with Gasteiger partial charge in [-0.2, -0.15) is 0 Å². The minimum Gasteiger partial charge on any atom is -0.508 e. The molecule has 0 atom stereocenters. The summed E-state index contributed by atoms with van der Waals surface area (Å²) in [6, 6.07) is 13.5. The first-order chi connectivity index (χ1) is 12.6. The lowest BCUT2D eigenvalue weighted by Crippen LogP contribution is -2.40. The van der Waals surface area contributed by atoms with Gasteiger partial charge in [-0.15, -0.1) is 0 Å². The van der Waals surface area contributed by atoms with Gasteiger partial charge in [0.1, 0.15) is 5.75 Å². The first-order valence-electron chi connectivity index (χ1n) is 9.23. The number of nitrogens with zero attached hydrogens (tertiary/aromatic N) is 1. The standard InChI is InChI=1S/C21H26ClN3O/c1-15-13-18(26)11-12-20(15)25-21(24-17-8-3-2-4-9-17)23-14-16-7-5-6-10-19(16)22/h5-7,10-13,17,26H,2-4,8-9,14H2,1H3,(H2,23,24,25). The average molecular weight is 372 g/mol. The van der Waals surface area contributed by atoms with E-state index in [1.165, 1.54) is 32.1 Å². The third-order valence-corrected chi connectivity index (χ3v) is 5.14. The van der Waals surface area contributed by atoms with E-state index in [0.717, 1.165) is 27.8 Å². The largest absolute Gasteiger partial charge is 0.508 e. The maximum absolute atomic E-state index is 9.63. The number of aliphatic imine (C=N–C) groups is 1. The number of phenolic OH excluding ortho intramolecular Hbond substituents is 1. The zero-order valence-corrected chi connectivity index (χ0v) is 15.9. The summed E-state index contributed by atoms with van der Waals surface area (Å²) in [5, 5.41) is 17.3. The van der Waals surface area contributed by atoms with Crippen LogP contribution in [0.3, 0.4) is 0 Å². The zero-order chi connectivity index (χ0) is 18.4. The Labute approximate surface area is 160 Å². The second-order valence-corrected chi connectivity index (χ2v) is 7.27. The number of nitrogens with one attached hydrogen (secondary N) is 2. The van der Waals surface area contributed by atoms with Crippen molar-refractivity contribution in [2.45, 2.75) is 51.6 Å². The normalized spacial score (nSPS) is 15.7. The van der Waals surface area contributed by atoms with Gasteiger partial charge in [0.2, 0.25) is 0 Å². The average Bonchev–Trinajstić information content (AvgIpc) is 2.64. The SMILES string of the molecule is Cc1cc(O)ccc1NC(=NCc1ccccc1Cl)NC1CCCCC1. The van der Waals surface area contributed by atoms with Crippen molar-refractivity contribution in [1.29, 1.82) is 0 Å². The van der Waals surface area contributed by atoms with E-state index in [1.54, 1.807) is 12.1 Å². The molecule has 0 spiro atoms. The van der Waals surface area contributed by atoms with Gasteiger partial charge in [-0.25, -0.2) is 4.99 Å². The van der Waals surface area contributed by atoms with Crippen LogP contribution in [0.5, 0.6) is 5.75 Å². The third-order valence-electron chi connectivity index (χ3n) is 4.77. The summed E-state index contributed by atoms with van der Waals surface area (Å²) >= 11 is 6.26. The number of hydrogen-bond acceptors (Lipinski definition) is 2. The van der Waals surface area contributed by atoms with Crippen LogP contribution in [0.1, 0.15) is 43.2 Å². The monoisotopic (exact) mass is 371 g/mol. The van der Waals surface area contributed by atoms with Gasteiger partial charge in [0.15, 0.2) is 5.96 Å². The number of aryl methyl sites for hydroxylation is 1. The number of phenols is 1. The van der Waals surface area contributed by atoms with E-state index in [-0.39, 0.29) is 5.75 Å². The quantitative estimate of drug-likeness (QED) is 0.391. The number of halogens is 1. The molecule has 0 radical (unpaired) electrons. The van der Waals surface area contributed by atoms with Crippen LogP contribution in [0.15, 0.2) is 47.5 Å². The predicted molar refractivity (Wildman–Crippen MR) is 109 cm³/mol. The van der Waals surface area contributed by atoms with Crippen LogP contribution in [0.25, 0.3) is 0 Å². The number of aromatic hydroxyl groups is 1. The van der Waals surface area contributed by atoms with Crippen molar-refractivity contribution < 1.29 is 5.11 Å². The molecular formula is C21H26ClN3O. The molecule has 2 aromatic carbocycles. The second kappa shape index (κ2) is 8.95.